The molecule has 1 aromatic rings. The van der Waals surface area contributed by atoms with E-state index in [0.29, 0.717) is 10.8 Å². The number of carbonyl (C=O) groups excluding carboxylic acids is 1. The summed E-state index contributed by atoms with van der Waals surface area (Å²) in [6, 6.07) is 0.168. The lowest BCUT2D eigenvalue weighted by molar-refractivity contribution is -0.116. The number of ether oxygens (including phenoxy) is 1. The fourth-order valence-corrected chi connectivity index (χ4v) is 0.902. The van der Waals surface area contributed by atoms with Gasteiger partial charge in [0, 0.05) is 0 Å². The zero-order valence-corrected chi connectivity index (χ0v) is 8.21. The van der Waals surface area contributed by atoms with E-state index in [-0.39, 0.29) is 12.6 Å². The highest BCUT2D eigenvalue weighted by molar-refractivity contribution is 6.32. The quantitative estimate of drug-likeness (QED) is 0.742. The normalized spacial score (nSPS) is 9.57. The van der Waals surface area contributed by atoms with Crippen molar-refractivity contribution in [3.8, 4) is 6.01 Å². The third-order valence-corrected chi connectivity index (χ3v) is 1.61. The van der Waals surface area contributed by atoms with E-state index in [9.17, 15) is 4.79 Å². The number of primary amides is 1. The Bertz CT molecular complexity index is 344. The third-order valence-electron chi connectivity index (χ3n) is 1.33. The molecule has 0 unspecified atom stereocenters. The summed E-state index contributed by atoms with van der Waals surface area (Å²) in [5, 5.41) is 2.95. The monoisotopic (exact) mass is 216 g/mol. The predicted molar refractivity (Wildman–Crippen MR) is 51.3 cm³/mol. The van der Waals surface area contributed by atoms with Gasteiger partial charge >= 0.3 is 6.01 Å². The van der Waals surface area contributed by atoms with Gasteiger partial charge < -0.3 is 15.8 Å². The fourth-order valence-electron chi connectivity index (χ4n) is 0.744. The van der Waals surface area contributed by atoms with Gasteiger partial charge in [-0.1, -0.05) is 11.6 Å². The summed E-state index contributed by atoms with van der Waals surface area (Å²) in [6.07, 6.45) is 1.37. The number of nitrogens with one attached hydrogen (secondary N) is 1. The van der Waals surface area contributed by atoms with Gasteiger partial charge in [0.05, 0.1) is 19.9 Å². The van der Waals surface area contributed by atoms with E-state index in [0.717, 1.165) is 0 Å². The Morgan fingerprint density at radius 3 is 3.07 bits per heavy atom. The molecule has 14 heavy (non-hydrogen) atoms. The van der Waals surface area contributed by atoms with Crippen molar-refractivity contribution >= 4 is 23.3 Å². The van der Waals surface area contributed by atoms with Crippen molar-refractivity contribution in [2.75, 3.05) is 19.0 Å². The Kier molecular flexibility index (Phi) is 3.47. The molecule has 0 saturated carbocycles. The van der Waals surface area contributed by atoms with Gasteiger partial charge in [-0.3, -0.25) is 4.79 Å². The second-order valence-electron chi connectivity index (χ2n) is 2.37. The van der Waals surface area contributed by atoms with Crippen molar-refractivity contribution < 1.29 is 9.53 Å². The topological polar surface area (TPSA) is 90.1 Å². The van der Waals surface area contributed by atoms with E-state index < -0.39 is 5.91 Å². The number of anilines is 1. The number of halogens is 1. The number of hydrogen-bond donors (Lipinski definition) is 2. The minimum absolute atomic E-state index is 0.0418. The molecule has 7 heteroatoms. The molecule has 0 aromatic carbocycles. The van der Waals surface area contributed by atoms with Gasteiger partial charge in [0.2, 0.25) is 5.91 Å². The number of rotatable bonds is 4. The summed E-state index contributed by atoms with van der Waals surface area (Å²) < 4.78 is 4.78. The standard InChI is InChI=1S/C7H9ClN4O2/c1-14-7-11-2-4(8)6(12-7)10-3-5(9)13/h2H,3H2,1H3,(H2,9,13)(H,10,11,12). The van der Waals surface area contributed by atoms with E-state index >= 15 is 0 Å². The van der Waals surface area contributed by atoms with Crippen molar-refractivity contribution in [2.24, 2.45) is 5.73 Å². The van der Waals surface area contributed by atoms with Crippen LogP contribution in [0.3, 0.4) is 0 Å². The predicted octanol–water partition coefficient (Wildman–Crippen LogP) is 0.0358. The molecule has 6 nitrogen and oxygen atoms in total. The molecular weight excluding hydrogens is 208 g/mol. The SMILES string of the molecule is COc1ncc(Cl)c(NCC(N)=O)n1. The van der Waals surface area contributed by atoms with E-state index in [1.54, 1.807) is 0 Å². The molecule has 1 aromatic heterocycles. The molecule has 0 bridgehead atoms. The number of carbonyl (C=O) groups is 1. The van der Waals surface area contributed by atoms with Crippen LogP contribution in [0.25, 0.3) is 0 Å². The Morgan fingerprint density at radius 1 is 1.79 bits per heavy atom. The summed E-state index contributed by atoms with van der Waals surface area (Å²) in [6.45, 7) is -0.0418. The second-order valence-corrected chi connectivity index (χ2v) is 2.78. The molecule has 0 atom stereocenters. The van der Waals surface area contributed by atoms with Gasteiger partial charge in [0.25, 0.3) is 0 Å². The molecule has 1 rings (SSSR count). The number of aromatic nitrogens is 2. The first-order valence-corrected chi connectivity index (χ1v) is 4.10. The molecule has 1 heterocycles. The van der Waals surface area contributed by atoms with Crippen molar-refractivity contribution in [3.63, 3.8) is 0 Å². The van der Waals surface area contributed by atoms with Crippen LogP contribution in [0.4, 0.5) is 5.82 Å². The first kappa shape index (κ1) is 10.5. The molecule has 0 spiro atoms. The maximum atomic E-state index is 10.5. The van der Waals surface area contributed by atoms with Crippen LogP contribution < -0.4 is 15.8 Å². The molecule has 1 amide bonds. The lowest BCUT2D eigenvalue weighted by Gasteiger charge is -2.05. The van der Waals surface area contributed by atoms with Crippen LogP contribution in [0.15, 0.2) is 6.20 Å². The number of hydrogen-bond acceptors (Lipinski definition) is 5. The molecule has 0 fully saturated rings. The highest BCUT2D eigenvalue weighted by Gasteiger charge is 2.05. The van der Waals surface area contributed by atoms with E-state index in [1.165, 1.54) is 13.3 Å². The maximum Gasteiger partial charge on any atom is 0.318 e. The van der Waals surface area contributed by atoms with E-state index in [1.807, 2.05) is 0 Å². The minimum atomic E-state index is -0.501. The second kappa shape index (κ2) is 4.61. The largest absolute Gasteiger partial charge is 0.467 e. The molecule has 0 radical (unpaired) electrons. The number of methoxy groups -OCH3 is 1. The molecular formula is C7H9ClN4O2. The Labute approximate surface area is 85.4 Å². The van der Waals surface area contributed by atoms with Crippen molar-refractivity contribution in [3.05, 3.63) is 11.2 Å². The number of nitrogens with two attached hydrogens (primary N) is 1. The average molecular weight is 217 g/mol. The molecule has 0 aliphatic heterocycles. The Hall–Kier alpha value is -1.56. The van der Waals surface area contributed by atoms with Crippen LogP contribution >= 0.6 is 11.6 Å². The average Bonchev–Trinajstić information content (AvgIpc) is 2.16. The third kappa shape index (κ3) is 2.74. The Balaban J connectivity index is 2.78. The summed E-state index contributed by atoms with van der Waals surface area (Å²) in [4.78, 5) is 18.1. The van der Waals surface area contributed by atoms with Crippen molar-refractivity contribution in [1.82, 2.24) is 9.97 Å². The first-order chi connectivity index (χ1) is 6.63. The maximum absolute atomic E-state index is 10.5. The summed E-state index contributed by atoms with van der Waals surface area (Å²) in [7, 11) is 1.43. The van der Waals surface area contributed by atoms with E-state index in [4.69, 9.17) is 22.1 Å². The van der Waals surface area contributed by atoms with Gasteiger partial charge in [-0.15, -0.1) is 0 Å². The lowest BCUT2D eigenvalue weighted by atomic mass is 10.5. The van der Waals surface area contributed by atoms with Crippen LogP contribution in [-0.4, -0.2) is 29.5 Å². The molecule has 0 saturated heterocycles. The van der Waals surface area contributed by atoms with Gasteiger partial charge in [-0.05, 0) is 0 Å². The molecule has 3 N–H and O–H groups in total. The first-order valence-electron chi connectivity index (χ1n) is 3.72. The Morgan fingerprint density at radius 2 is 2.50 bits per heavy atom. The lowest BCUT2D eigenvalue weighted by Crippen LogP contribution is -2.22. The molecule has 0 aliphatic carbocycles. The van der Waals surface area contributed by atoms with Crippen LogP contribution in [0, 0.1) is 0 Å². The van der Waals surface area contributed by atoms with Crippen molar-refractivity contribution in [2.45, 2.75) is 0 Å². The minimum Gasteiger partial charge on any atom is -0.467 e. The van der Waals surface area contributed by atoms with Crippen LogP contribution in [-0.2, 0) is 4.79 Å². The summed E-state index contributed by atoms with van der Waals surface area (Å²) in [5.74, 6) is -0.184. The van der Waals surface area contributed by atoms with Gasteiger partial charge in [0.15, 0.2) is 5.82 Å². The zero-order chi connectivity index (χ0) is 10.6. The number of amides is 1. The van der Waals surface area contributed by atoms with Gasteiger partial charge in [-0.25, -0.2) is 4.98 Å². The van der Waals surface area contributed by atoms with Gasteiger partial charge in [-0.2, -0.15) is 4.98 Å². The summed E-state index contributed by atoms with van der Waals surface area (Å²) in [5.41, 5.74) is 4.94. The van der Waals surface area contributed by atoms with E-state index in [2.05, 4.69) is 15.3 Å². The zero-order valence-electron chi connectivity index (χ0n) is 7.45. The highest BCUT2D eigenvalue weighted by Crippen LogP contribution is 2.19. The molecule has 0 aliphatic rings. The van der Waals surface area contributed by atoms with Crippen LogP contribution in [0.5, 0.6) is 6.01 Å². The summed E-state index contributed by atoms with van der Waals surface area (Å²) >= 11 is 5.74. The molecule has 76 valence electrons. The fraction of sp³-hybridized carbons (Fsp3) is 0.286. The van der Waals surface area contributed by atoms with Gasteiger partial charge in [0.1, 0.15) is 5.02 Å². The van der Waals surface area contributed by atoms with Crippen LogP contribution in [0.2, 0.25) is 5.02 Å². The van der Waals surface area contributed by atoms with Crippen LogP contribution in [0.1, 0.15) is 0 Å². The highest BCUT2D eigenvalue weighted by atomic mass is 35.5. The smallest absolute Gasteiger partial charge is 0.318 e. The van der Waals surface area contributed by atoms with Crippen molar-refractivity contribution in [1.29, 1.82) is 0 Å². The number of nitrogens with zero attached hydrogens (tertiary/aromatic N) is 2.